The van der Waals surface area contributed by atoms with Crippen LogP contribution in [0.15, 0.2) is 66.1 Å². The largest absolute Gasteiger partial charge is 0.477 e. The molecule has 1 N–H and O–H groups in total. The Morgan fingerprint density at radius 1 is 1.14 bits per heavy atom. The molecule has 2 heterocycles. The molecule has 146 valence electrons. The van der Waals surface area contributed by atoms with Gasteiger partial charge in [-0.1, -0.05) is 36.9 Å². The summed E-state index contributed by atoms with van der Waals surface area (Å²) in [6.45, 7) is 3.66. The van der Waals surface area contributed by atoms with Crippen molar-refractivity contribution in [2.75, 3.05) is 4.31 Å². The molecule has 1 aliphatic heterocycles. The SMILES string of the molecule is C=C(C=O)c1ccc(S(=O)(=O)N2Cc3cc(C(=O)O)sc3-c3ccccc32)cc1. The van der Waals surface area contributed by atoms with Crippen molar-refractivity contribution in [3.63, 3.8) is 0 Å². The number of carboxylic acids is 1. The summed E-state index contributed by atoms with van der Waals surface area (Å²) in [5.74, 6) is -1.04. The number of thiophene rings is 1. The molecule has 0 spiro atoms. The van der Waals surface area contributed by atoms with Gasteiger partial charge in [-0.3, -0.25) is 9.10 Å². The van der Waals surface area contributed by atoms with E-state index >= 15 is 0 Å². The average Bonchev–Trinajstić information content (AvgIpc) is 3.17. The molecule has 4 rings (SSSR count). The second kappa shape index (κ2) is 6.98. The first-order chi connectivity index (χ1) is 13.8. The second-order valence-electron chi connectivity index (χ2n) is 6.47. The highest BCUT2D eigenvalue weighted by atomic mass is 32.2. The van der Waals surface area contributed by atoms with Gasteiger partial charge in [-0.25, -0.2) is 13.2 Å². The molecule has 0 amide bonds. The van der Waals surface area contributed by atoms with Gasteiger partial charge in [0.1, 0.15) is 11.2 Å². The fraction of sp³-hybridized carbons (Fsp3) is 0.0476. The zero-order valence-electron chi connectivity index (χ0n) is 15.0. The van der Waals surface area contributed by atoms with Crippen LogP contribution in [0.1, 0.15) is 20.8 Å². The molecule has 0 fully saturated rings. The number of aldehydes is 1. The zero-order valence-corrected chi connectivity index (χ0v) is 16.7. The maximum absolute atomic E-state index is 13.4. The summed E-state index contributed by atoms with van der Waals surface area (Å²) in [5.41, 5.74) is 2.65. The molecule has 2 aromatic carbocycles. The standard InChI is InChI=1S/C21H15NO5S2/c1-13(12-23)14-6-8-16(9-7-14)29(26,27)22-11-15-10-19(21(24)25)28-20(15)17-4-2-3-5-18(17)22/h2-10,12H,1,11H2,(H,24,25). The van der Waals surface area contributed by atoms with E-state index in [9.17, 15) is 23.1 Å². The lowest BCUT2D eigenvalue weighted by Gasteiger charge is -2.30. The maximum atomic E-state index is 13.4. The summed E-state index contributed by atoms with van der Waals surface area (Å²) in [4.78, 5) is 23.3. The summed E-state index contributed by atoms with van der Waals surface area (Å²) in [7, 11) is -3.91. The molecule has 0 saturated heterocycles. The lowest BCUT2D eigenvalue weighted by molar-refractivity contribution is -0.103. The van der Waals surface area contributed by atoms with Crippen LogP contribution >= 0.6 is 11.3 Å². The minimum Gasteiger partial charge on any atom is -0.477 e. The lowest BCUT2D eigenvalue weighted by Crippen LogP contribution is -2.32. The lowest BCUT2D eigenvalue weighted by atomic mass is 10.0. The van der Waals surface area contributed by atoms with Gasteiger partial charge in [0.2, 0.25) is 0 Å². The second-order valence-corrected chi connectivity index (χ2v) is 9.38. The van der Waals surface area contributed by atoms with Gasteiger partial charge < -0.3 is 5.11 Å². The maximum Gasteiger partial charge on any atom is 0.345 e. The molecule has 3 aromatic rings. The number of allylic oxidation sites excluding steroid dienone is 1. The van der Waals surface area contributed by atoms with Crippen molar-refractivity contribution in [3.8, 4) is 10.4 Å². The summed E-state index contributed by atoms with van der Waals surface area (Å²) in [6, 6.07) is 14.5. The topological polar surface area (TPSA) is 91.8 Å². The first kappa shape index (κ1) is 19.1. The number of hydrogen-bond acceptors (Lipinski definition) is 5. The van der Waals surface area contributed by atoms with Crippen LogP contribution < -0.4 is 4.31 Å². The van der Waals surface area contributed by atoms with Gasteiger partial charge in [-0.15, -0.1) is 11.3 Å². The molecule has 6 nitrogen and oxygen atoms in total. The Bertz CT molecular complexity index is 1260. The highest BCUT2D eigenvalue weighted by Gasteiger charge is 2.33. The van der Waals surface area contributed by atoms with E-state index in [1.807, 2.05) is 0 Å². The molecule has 29 heavy (non-hydrogen) atoms. The van der Waals surface area contributed by atoms with Crippen LogP contribution in [0.3, 0.4) is 0 Å². The Kier molecular flexibility index (Phi) is 4.60. The van der Waals surface area contributed by atoms with Crippen molar-refractivity contribution < 1.29 is 23.1 Å². The van der Waals surface area contributed by atoms with Crippen molar-refractivity contribution in [2.45, 2.75) is 11.4 Å². The van der Waals surface area contributed by atoms with Crippen LogP contribution in [0.25, 0.3) is 16.0 Å². The number of benzene rings is 2. The van der Waals surface area contributed by atoms with Gasteiger partial charge in [0.25, 0.3) is 10.0 Å². The Morgan fingerprint density at radius 2 is 1.83 bits per heavy atom. The average molecular weight is 425 g/mol. The van der Waals surface area contributed by atoms with Crippen molar-refractivity contribution in [3.05, 3.63) is 77.2 Å². The normalized spacial score (nSPS) is 12.8. The third kappa shape index (κ3) is 3.16. The van der Waals surface area contributed by atoms with E-state index < -0.39 is 16.0 Å². The van der Waals surface area contributed by atoms with Crippen LogP contribution in [-0.2, 0) is 21.4 Å². The number of fused-ring (bicyclic) bond motifs is 3. The first-order valence-corrected chi connectivity index (χ1v) is 10.8. The fourth-order valence-corrected chi connectivity index (χ4v) is 5.76. The van der Waals surface area contributed by atoms with Gasteiger partial charge in [0.15, 0.2) is 0 Å². The summed E-state index contributed by atoms with van der Waals surface area (Å²) < 4.78 is 28.0. The van der Waals surface area contributed by atoms with Gasteiger partial charge in [-0.05, 0) is 35.4 Å². The molecule has 8 heteroatoms. The summed E-state index contributed by atoms with van der Waals surface area (Å²) in [5, 5.41) is 9.32. The molecule has 0 saturated carbocycles. The van der Waals surface area contributed by atoms with Crippen LogP contribution in [-0.4, -0.2) is 25.8 Å². The number of para-hydroxylation sites is 1. The Hall–Kier alpha value is -3.23. The number of rotatable bonds is 5. The predicted molar refractivity (Wildman–Crippen MR) is 112 cm³/mol. The molecule has 0 radical (unpaired) electrons. The van der Waals surface area contributed by atoms with E-state index in [1.165, 1.54) is 34.6 Å². The van der Waals surface area contributed by atoms with E-state index in [4.69, 9.17) is 0 Å². The number of anilines is 1. The third-order valence-electron chi connectivity index (χ3n) is 4.71. The van der Waals surface area contributed by atoms with E-state index in [0.29, 0.717) is 28.7 Å². The van der Waals surface area contributed by atoms with Crippen molar-refractivity contribution >= 4 is 44.9 Å². The third-order valence-corrected chi connectivity index (χ3v) is 7.68. The van der Waals surface area contributed by atoms with Gasteiger partial charge in [0.05, 0.1) is 17.1 Å². The number of nitrogens with zero attached hydrogens (tertiary/aromatic N) is 1. The molecule has 1 aromatic heterocycles. The van der Waals surface area contributed by atoms with Crippen LogP contribution in [0.4, 0.5) is 5.69 Å². The molecule has 0 atom stereocenters. The quantitative estimate of drug-likeness (QED) is 0.492. The van der Waals surface area contributed by atoms with E-state index in [-0.39, 0.29) is 21.9 Å². The minimum absolute atomic E-state index is 0.0429. The Balaban J connectivity index is 1.81. The van der Waals surface area contributed by atoms with Crippen LogP contribution in [0.5, 0.6) is 0 Å². The first-order valence-electron chi connectivity index (χ1n) is 8.55. The van der Waals surface area contributed by atoms with Gasteiger partial charge in [0, 0.05) is 16.0 Å². The van der Waals surface area contributed by atoms with Crippen LogP contribution in [0, 0.1) is 0 Å². The monoisotopic (exact) mass is 425 g/mol. The number of aromatic carboxylic acids is 1. The highest BCUT2D eigenvalue weighted by Crippen LogP contribution is 2.45. The molecule has 0 bridgehead atoms. The number of hydrogen-bond donors (Lipinski definition) is 1. The van der Waals surface area contributed by atoms with E-state index in [0.717, 1.165) is 16.2 Å². The summed E-state index contributed by atoms with van der Waals surface area (Å²) >= 11 is 1.14. The molecule has 0 unspecified atom stereocenters. The molecular formula is C21H15NO5S2. The van der Waals surface area contributed by atoms with E-state index in [1.54, 1.807) is 24.3 Å². The Labute approximate surface area is 171 Å². The van der Waals surface area contributed by atoms with Gasteiger partial charge >= 0.3 is 5.97 Å². The van der Waals surface area contributed by atoms with Crippen molar-refractivity contribution in [1.29, 1.82) is 0 Å². The number of carbonyl (C=O) groups excluding carboxylic acids is 1. The summed E-state index contributed by atoms with van der Waals surface area (Å²) in [6.07, 6.45) is 0.614. The predicted octanol–water partition coefficient (Wildman–Crippen LogP) is 4.03. The smallest absolute Gasteiger partial charge is 0.345 e. The molecular weight excluding hydrogens is 410 g/mol. The molecule has 1 aliphatic rings. The Morgan fingerprint density at radius 3 is 2.48 bits per heavy atom. The van der Waals surface area contributed by atoms with Crippen LogP contribution in [0.2, 0.25) is 0 Å². The zero-order chi connectivity index (χ0) is 20.8. The molecule has 0 aliphatic carbocycles. The number of sulfonamides is 1. The number of carboxylic acid groups (broad SMARTS) is 1. The van der Waals surface area contributed by atoms with Crippen molar-refractivity contribution in [2.24, 2.45) is 0 Å². The van der Waals surface area contributed by atoms with Crippen molar-refractivity contribution in [1.82, 2.24) is 0 Å². The van der Waals surface area contributed by atoms with Gasteiger partial charge in [-0.2, -0.15) is 0 Å². The van der Waals surface area contributed by atoms with E-state index in [2.05, 4.69) is 6.58 Å². The number of carbonyl (C=O) groups is 2. The fourth-order valence-electron chi connectivity index (χ4n) is 3.25. The minimum atomic E-state index is -3.91. The highest BCUT2D eigenvalue weighted by molar-refractivity contribution is 7.92.